The molecule has 5 heteroatoms. The summed E-state index contributed by atoms with van der Waals surface area (Å²) in [5.74, 6) is -0.260. The first kappa shape index (κ1) is 17.8. The van der Waals surface area contributed by atoms with Gasteiger partial charge in [0, 0.05) is 16.3 Å². The van der Waals surface area contributed by atoms with Crippen molar-refractivity contribution in [2.24, 2.45) is 0 Å². The number of nitrogens with zero attached hydrogens (tertiary/aromatic N) is 2. The molecule has 1 heterocycles. The van der Waals surface area contributed by atoms with Gasteiger partial charge in [0.1, 0.15) is 0 Å². The van der Waals surface area contributed by atoms with Crippen molar-refractivity contribution in [2.45, 2.75) is 23.1 Å². The Bertz CT molecular complexity index is 761. The van der Waals surface area contributed by atoms with E-state index in [-0.39, 0.29) is 5.97 Å². The van der Waals surface area contributed by atoms with Crippen LogP contribution in [-0.4, -0.2) is 44.7 Å². The molecule has 0 spiro atoms. The number of rotatable bonds is 6. The molecule has 4 nitrogen and oxygen atoms in total. The Balaban J connectivity index is 1.92. The Morgan fingerprint density at radius 2 is 1.88 bits per heavy atom. The molecule has 0 saturated carbocycles. The minimum atomic E-state index is -0.260. The van der Waals surface area contributed by atoms with Crippen molar-refractivity contribution in [1.29, 1.82) is 0 Å². The van der Waals surface area contributed by atoms with Gasteiger partial charge in [-0.1, -0.05) is 23.9 Å². The number of para-hydroxylation sites is 1. The van der Waals surface area contributed by atoms with E-state index in [4.69, 9.17) is 4.74 Å². The van der Waals surface area contributed by atoms with Crippen molar-refractivity contribution in [3.63, 3.8) is 0 Å². The van der Waals surface area contributed by atoms with Crippen molar-refractivity contribution < 1.29 is 9.53 Å². The van der Waals surface area contributed by atoms with E-state index in [2.05, 4.69) is 48.2 Å². The molecule has 25 heavy (non-hydrogen) atoms. The summed E-state index contributed by atoms with van der Waals surface area (Å²) in [6.07, 6.45) is 1.07. The van der Waals surface area contributed by atoms with E-state index in [1.165, 1.54) is 10.6 Å². The molecule has 1 aliphatic heterocycles. The molecule has 0 atom stereocenters. The largest absolute Gasteiger partial charge is 0.462 e. The van der Waals surface area contributed by atoms with Gasteiger partial charge in [0.25, 0.3) is 0 Å². The lowest BCUT2D eigenvalue weighted by Gasteiger charge is -2.33. The number of anilines is 2. The molecule has 132 valence electrons. The first-order valence-corrected chi connectivity index (χ1v) is 9.42. The maximum absolute atomic E-state index is 12.1. The molecule has 0 amide bonds. The monoisotopic (exact) mass is 356 g/mol. The summed E-state index contributed by atoms with van der Waals surface area (Å²) in [6.45, 7) is 4.21. The van der Waals surface area contributed by atoms with Crippen LogP contribution in [0, 0.1) is 0 Å². The molecule has 1 aliphatic rings. The zero-order valence-corrected chi connectivity index (χ0v) is 15.8. The van der Waals surface area contributed by atoms with Gasteiger partial charge >= 0.3 is 5.97 Å². The van der Waals surface area contributed by atoms with Gasteiger partial charge in [-0.05, 0) is 64.3 Å². The van der Waals surface area contributed by atoms with Crippen molar-refractivity contribution in [3.8, 4) is 0 Å². The second kappa shape index (κ2) is 7.93. The minimum Gasteiger partial charge on any atom is -0.462 e. The summed E-state index contributed by atoms with van der Waals surface area (Å²) < 4.78 is 5.14. The highest BCUT2D eigenvalue weighted by Crippen LogP contribution is 2.48. The van der Waals surface area contributed by atoms with E-state index in [0.717, 1.165) is 30.1 Å². The first-order valence-electron chi connectivity index (χ1n) is 8.60. The molecule has 0 unspecified atom stereocenters. The lowest BCUT2D eigenvalue weighted by molar-refractivity contribution is 0.0526. The number of ether oxygens (including phenoxy) is 1. The molecule has 0 aliphatic carbocycles. The Kier molecular flexibility index (Phi) is 5.66. The third-order valence-electron chi connectivity index (χ3n) is 4.12. The Morgan fingerprint density at radius 1 is 1.12 bits per heavy atom. The molecule has 2 aromatic carbocycles. The van der Waals surface area contributed by atoms with Crippen LogP contribution in [-0.2, 0) is 4.74 Å². The summed E-state index contributed by atoms with van der Waals surface area (Å²) in [6, 6.07) is 14.3. The topological polar surface area (TPSA) is 32.8 Å². The lowest BCUT2D eigenvalue weighted by Crippen LogP contribution is -2.25. The van der Waals surface area contributed by atoms with Gasteiger partial charge in [0.05, 0.1) is 23.5 Å². The second-order valence-corrected chi connectivity index (χ2v) is 7.37. The molecule has 0 bridgehead atoms. The highest BCUT2D eigenvalue weighted by molar-refractivity contribution is 7.99. The van der Waals surface area contributed by atoms with Crippen molar-refractivity contribution in [3.05, 3.63) is 48.0 Å². The smallest absolute Gasteiger partial charge is 0.338 e. The van der Waals surface area contributed by atoms with Crippen LogP contribution in [0.3, 0.4) is 0 Å². The van der Waals surface area contributed by atoms with E-state index in [1.54, 1.807) is 11.8 Å². The average molecular weight is 356 g/mol. The van der Waals surface area contributed by atoms with Crippen LogP contribution < -0.4 is 4.90 Å². The molecular formula is C20H24N2O2S. The van der Waals surface area contributed by atoms with Crippen LogP contribution in [0.1, 0.15) is 23.7 Å². The van der Waals surface area contributed by atoms with Crippen molar-refractivity contribution in [1.82, 2.24) is 4.90 Å². The minimum absolute atomic E-state index is 0.260. The van der Waals surface area contributed by atoms with E-state index in [0.29, 0.717) is 12.2 Å². The van der Waals surface area contributed by atoms with E-state index >= 15 is 0 Å². The standard InChI is InChI=1S/C20H24N2O2S/c1-4-24-20(23)15-10-11-17-19(14-15)25-18-9-6-5-8-16(18)22(17)13-7-12-21(2)3/h5-6,8-11,14H,4,7,12-13H2,1-3H3. The predicted octanol–water partition coefficient (Wildman–Crippen LogP) is 4.42. The molecule has 2 aromatic rings. The Morgan fingerprint density at radius 3 is 2.64 bits per heavy atom. The van der Waals surface area contributed by atoms with Gasteiger partial charge in [-0.15, -0.1) is 0 Å². The average Bonchev–Trinajstić information content (AvgIpc) is 2.60. The third kappa shape index (κ3) is 3.99. The first-order chi connectivity index (χ1) is 12.1. The molecule has 3 rings (SSSR count). The van der Waals surface area contributed by atoms with E-state index in [9.17, 15) is 4.79 Å². The van der Waals surface area contributed by atoms with Crippen LogP contribution in [0.2, 0.25) is 0 Å². The summed E-state index contributed by atoms with van der Waals surface area (Å²) in [4.78, 5) is 18.9. The van der Waals surface area contributed by atoms with Crippen LogP contribution in [0.5, 0.6) is 0 Å². The van der Waals surface area contributed by atoms with Crippen molar-refractivity contribution >= 4 is 29.1 Å². The number of esters is 1. The number of hydrogen-bond donors (Lipinski definition) is 0. The molecule has 0 N–H and O–H groups in total. The summed E-state index contributed by atoms with van der Waals surface area (Å²) in [7, 11) is 4.19. The van der Waals surface area contributed by atoms with Gasteiger partial charge < -0.3 is 14.5 Å². The SMILES string of the molecule is CCOC(=O)c1ccc2c(c1)Sc1ccccc1N2CCCN(C)C. The normalized spacial score (nSPS) is 12.7. The predicted molar refractivity (Wildman–Crippen MR) is 103 cm³/mol. The quantitative estimate of drug-likeness (QED) is 0.716. The van der Waals surface area contributed by atoms with E-state index in [1.807, 2.05) is 25.1 Å². The zero-order chi connectivity index (χ0) is 17.8. The van der Waals surface area contributed by atoms with Gasteiger partial charge in [0.2, 0.25) is 0 Å². The molecular weight excluding hydrogens is 332 g/mol. The van der Waals surface area contributed by atoms with E-state index < -0.39 is 0 Å². The fourth-order valence-electron chi connectivity index (χ4n) is 2.96. The van der Waals surface area contributed by atoms with Crippen LogP contribution in [0.25, 0.3) is 0 Å². The van der Waals surface area contributed by atoms with Crippen LogP contribution in [0.4, 0.5) is 11.4 Å². The number of carbonyl (C=O) groups excluding carboxylic acids is 1. The molecule has 0 aromatic heterocycles. The second-order valence-electron chi connectivity index (χ2n) is 6.28. The maximum atomic E-state index is 12.1. The van der Waals surface area contributed by atoms with Crippen LogP contribution in [0.15, 0.2) is 52.3 Å². The zero-order valence-electron chi connectivity index (χ0n) is 15.0. The Labute approximate surface area is 153 Å². The fourth-order valence-corrected chi connectivity index (χ4v) is 4.10. The number of benzene rings is 2. The van der Waals surface area contributed by atoms with Gasteiger partial charge in [-0.25, -0.2) is 4.79 Å². The van der Waals surface area contributed by atoms with Crippen molar-refractivity contribution in [2.75, 3.05) is 38.7 Å². The van der Waals surface area contributed by atoms with Gasteiger partial charge in [-0.3, -0.25) is 0 Å². The number of carbonyl (C=O) groups is 1. The third-order valence-corrected chi connectivity index (χ3v) is 5.24. The summed E-state index contributed by atoms with van der Waals surface area (Å²) in [5.41, 5.74) is 3.01. The summed E-state index contributed by atoms with van der Waals surface area (Å²) in [5, 5.41) is 0. The Hall–Kier alpha value is -1.98. The van der Waals surface area contributed by atoms with Crippen LogP contribution >= 0.6 is 11.8 Å². The molecule has 0 fully saturated rings. The highest BCUT2D eigenvalue weighted by atomic mass is 32.2. The van der Waals surface area contributed by atoms with Gasteiger partial charge in [-0.2, -0.15) is 0 Å². The lowest BCUT2D eigenvalue weighted by atomic mass is 10.1. The maximum Gasteiger partial charge on any atom is 0.338 e. The fraction of sp³-hybridized carbons (Fsp3) is 0.350. The summed E-state index contributed by atoms with van der Waals surface area (Å²) >= 11 is 1.72. The molecule has 0 radical (unpaired) electrons. The number of hydrogen-bond acceptors (Lipinski definition) is 5. The molecule has 0 saturated heterocycles. The van der Waals surface area contributed by atoms with Gasteiger partial charge in [0.15, 0.2) is 0 Å². The highest BCUT2D eigenvalue weighted by Gasteiger charge is 2.24. The number of fused-ring (bicyclic) bond motifs is 2.